The normalized spacial score (nSPS) is 13.0. The van der Waals surface area contributed by atoms with E-state index in [-0.39, 0.29) is 91.6 Å². The van der Waals surface area contributed by atoms with Crippen molar-refractivity contribution in [2.24, 2.45) is 0 Å². The molecule has 1 rings (SSSR count). The zero-order valence-electron chi connectivity index (χ0n) is 37.2. The molecule has 0 bridgehead atoms. The zero-order chi connectivity index (χ0) is 42.5. The molecular formula is C41H77N3O8Si3. The minimum absolute atomic E-state index is 0.000422. The second-order valence-electron chi connectivity index (χ2n) is 19.0. The summed E-state index contributed by atoms with van der Waals surface area (Å²) >= 11 is 0. The van der Waals surface area contributed by atoms with Crippen molar-refractivity contribution < 1.29 is 37.6 Å². The average Bonchev–Trinajstić information content (AvgIpc) is 3.06. The molecule has 11 nitrogen and oxygen atoms in total. The largest absolute Gasteiger partial charge is 0.461 e. The molecule has 0 spiro atoms. The van der Waals surface area contributed by atoms with Gasteiger partial charge in [-0.25, -0.2) is 0 Å². The highest BCUT2D eigenvalue weighted by Crippen LogP contribution is 2.40. The second kappa shape index (κ2) is 21.4. The van der Waals surface area contributed by atoms with Gasteiger partial charge in [-0.3, -0.25) is 19.2 Å². The van der Waals surface area contributed by atoms with Crippen LogP contribution in [0.15, 0.2) is 30.3 Å². The number of hydrogen-bond acceptors (Lipinski definition) is 8. The van der Waals surface area contributed by atoms with E-state index in [1.807, 2.05) is 57.3 Å². The number of hydrogen-bond donors (Lipinski definition) is 1. The van der Waals surface area contributed by atoms with Crippen LogP contribution < -0.4 is 0 Å². The third-order valence-electron chi connectivity index (χ3n) is 12.0. The summed E-state index contributed by atoms with van der Waals surface area (Å²) < 4.78 is 18.3. The van der Waals surface area contributed by atoms with Crippen LogP contribution in [0.4, 0.5) is 0 Å². The fourth-order valence-corrected chi connectivity index (χ4v) is 7.86. The second-order valence-corrected chi connectivity index (χ2v) is 33.1. The van der Waals surface area contributed by atoms with Crippen molar-refractivity contribution in [1.82, 2.24) is 14.7 Å². The van der Waals surface area contributed by atoms with E-state index in [2.05, 4.69) is 67.7 Å². The molecular weight excluding hydrogens is 747 g/mol. The molecule has 0 aliphatic heterocycles. The van der Waals surface area contributed by atoms with Crippen LogP contribution in [0.1, 0.15) is 93.6 Å². The molecule has 1 N–H and O–H groups in total. The van der Waals surface area contributed by atoms with E-state index in [1.54, 1.807) is 11.8 Å². The van der Waals surface area contributed by atoms with Crippen molar-refractivity contribution in [3.8, 4) is 0 Å². The van der Waals surface area contributed by atoms with Crippen LogP contribution in [0.5, 0.6) is 0 Å². The lowest BCUT2D eigenvalue weighted by Gasteiger charge is -2.37. The van der Waals surface area contributed by atoms with E-state index in [9.17, 15) is 24.0 Å². The molecule has 0 heterocycles. The van der Waals surface area contributed by atoms with E-state index < -0.39 is 30.9 Å². The summed E-state index contributed by atoms with van der Waals surface area (Å²) in [6.45, 7) is 32.5. The Morgan fingerprint density at radius 1 is 0.655 bits per heavy atom. The molecule has 1 aromatic rings. The zero-order valence-corrected chi connectivity index (χ0v) is 40.2. The van der Waals surface area contributed by atoms with Gasteiger partial charge in [0.05, 0.1) is 32.7 Å². The number of benzene rings is 1. The van der Waals surface area contributed by atoms with Gasteiger partial charge < -0.3 is 33.1 Å². The third-order valence-corrected chi connectivity index (χ3v) is 24.6. The van der Waals surface area contributed by atoms with Gasteiger partial charge in [0.1, 0.15) is 6.61 Å². The Hall–Kier alpha value is -2.37. The highest BCUT2D eigenvalue weighted by atomic mass is 28.4. The fourth-order valence-electron chi connectivity index (χ4n) is 5.00. The summed E-state index contributed by atoms with van der Waals surface area (Å²) in [6, 6.07) is 9.43. The molecule has 0 aliphatic rings. The van der Waals surface area contributed by atoms with Gasteiger partial charge in [-0.05, 0) is 72.8 Å². The van der Waals surface area contributed by atoms with E-state index in [0.29, 0.717) is 26.1 Å². The standard InChI is InChI=1S/C41H77N3O8Si3/c1-16-35(45)44(28-30-52-55(14,15)40(5,6)7)32-37(47)43(25-20-24-41(8,9)53(10,11)49)31-36(46)42(27-29-51-54(12,13)39(2,3)4)26-23-38(48)50-33-34-21-18-17-19-22-34/h17-19,21-22,49H,16,20,23-33H2,1-15H3. The molecule has 14 heteroatoms. The first-order valence-corrected chi connectivity index (χ1v) is 28.8. The highest BCUT2D eigenvalue weighted by molar-refractivity contribution is 6.74. The average molecular weight is 824 g/mol. The first-order valence-electron chi connectivity index (χ1n) is 20.1. The molecule has 316 valence electrons. The lowest BCUT2D eigenvalue weighted by molar-refractivity contribution is -0.147. The summed E-state index contributed by atoms with van der Waals surface area (Å²) in [5, 5.41) is -0.340. The van der Waals surface area contributed by atoms with Gasteiger partial charge in [-0.15, -0.1) is 0 Å². The highest BCUT2D eigenvalue weighted by Gasteiger charge is 2.39. The Morgan fingerprint density at radius 3 is 1.56 bits per heavy atom. The van der Waals surface area contributed by atoms with Gasteiger partial charge in [0.25, 0.3) is 0 Å². The van der Waals surface area contributed by atoms with Crippen molar-refractivity contribution in [3.63, 3.8) is 0 Å². The third kappa shape index (κ3) is 17.3. The molecule has 0 fully saturated rings. The van der Waals surface area contributed by atoms with Crippen molar-refractivity contribution in [3.05, 3.63) is 35.9 Å². The Labute approximate surface area is 337 Å². The molecule has 0 aliphatic carbocycles. The molecule has 55 heavy (non-hydrogen) atoms. The minimum atomic E-state index is -2.51. The van der Waals surface area contributed by atoms with Crippen molar-refractivity contribution >= 4 is 48.6 Å². The van der Waals surface area contributed by atoms with Gasteiger partial charge in [-0.2, -0.15) is 0 Å². The van der Waals surface area contributed by atoms with E-state index >= 15 is 0 Å². The van der Waals surface area contributed by atoms with Gasteiger partial charge in [-0.1, -0.05) is 92.6 Å². The molecule has 0 saturated carbocycles. The van der Waals surface area contributed by atoms with Crippen LogP contribution in [0.25, 0.3) is 0 Å². The molecule has 0 aromatic heterocycles. The number of ether oxygens (including phenoxy) is 1. The molecule has 0 radical (unpaired) electrons. The van der Waals surface area contributed by atoms with Gasteiger partial charge in [0.2, 0.25) is 17.7 Å². The van der Waals surface area contributed by atoms with Crippen LogP contribution in [0.2, 0.25) is 54.4 Å². The van der Waals surface area contributed by atoms with Gasteiger partial charge in [0.15, 0.2) is 25.0 Å². The summed E-state index contributed by atoms with van der Waals surface area (Å²) in [4.78, 5) is 69.9. The van der Waals surface area contributed by atoms with Crippen LogP contribution in [0, 0.1) is 0 Å². The van der Waals surface area contributed by atoms with Crippen LogP contribution in [0.3, 0.4) is 0 Å². The Morgan fingerprint density at radius 2 is 1.11 bits per heavy atom. The number of esters is 1. The van der Waals surface area contributed by atoms with Crippen molar-refractivity contribution in [2.75, 3.05) is 52.5 Å². The van der Waals surface area contributed by atoms with Crippen LogP contribution in [-0.2, 0) is 39.4 Å². The predicted molar refractivity (Wildman–Crippen MR) is 230 cm³/mol. The summed E-state index contributed by atoms with van der Waals surface area (Å²) in [7, 11) is -6.72. The number of carbonyl (C=O) groups is 4. The number of carbonyl (C=O) groups excluding carboxylic acids is 4. The predicted octanol–water partition coefficient (Wildman–Crippen LogP) is 7.82. The topological polar surface area (TPSA) is 126 Å². The van der Waals surface area contributed by atoms with Crippen molar-refractivity contribution in [1.29, 1.82) is 0 Å². The van der Waals surface area contributed by atoms with Crippen LogP contribution in [-0.4, -0.2) is 121 Å². The number of nitrogens with zero attached hydrogens (tertiary/aromatic N) is 3. The van der Waals surface area contributed by atoms with E-state index in [1.165, 1.54) is 9.80 Å². The molecule has 0 unspecified atom stereocenters. The van der Waals surface area contributed by atoms with Gasteiger partial charge in [0, 0.05) is 32.6 Å². The first-order chi connectivity index (χ1) is 25.0. The summed E-state index contributed by atoms with van der Waals surface area (Å²) in [5.74, 6) is -1.23. The Balaban J connectivity index is 3.30. The maximum absolute atomic E-state index is 14.2. The minimum Gasteiger partial charge on any atom is -0.461 e. The Kier molecular flexibility index (Phi) is 19.7. The SMILES string of the molecule is CCC(=O)N(CCO[Si](C)(C)C(C)(C)C)CC(=O)N(CCCC(C)(C)[Si](C)(C)O)CC(=O)N(CCO[Si](C)(C)C(C)(C)C)CCC(=O)OCc1ccccc1. The molecule has 3 amide bonds. The number of amides is 3. The van der Waals surface area contributed by atoms with Crippen LogP contribution >= 0.6 is 0 Å². The van der Waals surface area contributed by atoms with E-state index in [0.717, 1.165) is 5.56 Å². The number of rotatable bonds is 23. The first kappa shape index (κ1) is 50.6. The van der Waals surface area contributed by atoms with Gasteiger partial charge >= 0.3 is 5.97 Å². The molecule has 0 saturated heterocycles. The molecule has 1 aromatic carbocycles. The van der Waals surface area contributed by atoms with E-state index in [4.69, 9.17) is 13.6 Å². The quantitative estimate of drug-likeness (QED) is 0.0876. The Bertz CT molecular complexity index is 1370. The monoisotopic (exact) mass is 824 g/mol. The smallest absolute Gasteiger partial charge is 0.307 e. The molecule has 0 atom stereocenters. The lowest BCUT2D eigenvalue weighted by atomic mass is 10.1. The maximum atomic E-state index is 14.2. The maximum Gasteiger partial charge on any atom is 0.307 e. The lowest BCUT2D eigenvalue weighted by Crippen LogP contribution is -2.50. The fraction of sp³-hybridized carbons (Fsp3) is 0.756. The summed E-state index contributed by atoms with van der Waals surface area (Å²) in [6.07, 6.45) is 1.46. The summed E-state index contributed by atoms with van der Waals surface area (Å²) in [5.41, 5.74) is 0.873. The van der Waals surface area contributed by atoms with Crippen molar-refractivity contribution in [2.45, 2.75) is 149 Å².